The number of benzene rings is 2. The van der Waals surface area contributed by atoms with Crippen LogP contribution in [0.3, 0.4) is 0 Å². The molecule has 1 N–H and O–H groups in total. The molecule has 0 saturated carbocycles. The molecule has 208 valence electrons. The maximum atomic E-state index is 14.9. The van der Waals surface area contributed by atoms with E-state index in [1.807, 2.05) is 56.4 Å². The van der Waals surface area contributed by atoms with Crippen LogP contribution in [0.25, 0.3) is 22.4 Å². The second kappa shape index (κ2) is 10.4. The van der Waals surface area contributed by atoms with Gasteiger partial charge in [-0.1, -0.05) is 24.3 Å². The predicted molar refractivity (Wildman–Crippen MR) is 153 cm³/mol. The summed E-state index contributed by atoms with van der Waals surface area (Å²) < 4.78 is 24.2. The van der Waals surface area contributed by atoms with Crippen molar-refractivity contribution in [3.8, 4) is 22.4 Å². The number of carbonyl (C=O) groups excluding carboxylic acids is 1. The Bertz CT molecular complexity index is 1490. The van der Waals surface area contributed by atoms with Crippen LogP contribution >= 0.6 is 0 Å². The zero-order valence-corrected chi connectivity index (χ0v) is 23.2. The zero-order valence-electron chi connectivity index (χ0n) is 23.2. The highest BCUT2D eigenvalue weighted by Crippen LogP contribution is 2.47. The molecule has 2 aliphatic rings. The first-order chi connectivity index (χ1) is 19.3. The Labute approximate surface area is 233 Å². The maximum absolute atomic E-state index is 14.9. The Morgan fingerprint density at radius 3 is 2.60 bits per heavy atom. The first-order valence-corrected chi connectivity index (χ1v) is 13.9. The molecule has 0 aliphatic carbocycles. The summed E-state index contributed by atoms with van der Waals surface area (Å²) >= 11 is 0. The van der Waals surface area contributed by atoms with Gasteiger partial charge in [-0.25, -0.2) is 14.2 Å². The van der Waals surface area contributed by atoms with E-state index in [-0.39, 0.29) is 11.9 Å². The summed E-state index contributed by atoms with van der Waals surface area (Å²) in [6.45, 7) is 8.37. The predicted octanol–water partition coefficient (Wildman–Crippen LogP) is 5.90. The molecule has 1 saturated heterocycles. The van der Waals surface area contributed by atoms with Gasteiger partial charge in [-0.05, 0) is 63.3 Å². The summed E-state index contributed by atoms with van der Waals surface area (Å²) in [6.07, 6.45) is 9.08. The molecule has 1 amide bonds. The molecule has 4 heterocycles. The van der Waals surface area contributed by atoms with Crippen LogP contribution in [0.5, 0.6) is 0 Å². The fraction of sp³-hybridized carbons (Fsp3) is 0.387. The van der Waals surface area contributed by atoms with Crippen LogP contribution in [0.15, 0.2) is 67.4 Å². The van der Waals surface area contributed by atoms with Gasteiger partial charge < -0.3 is 19.5 Å². The van der Waals surface area contributed by atoms with E-state index >= 15 is 0 Å². The quantitative estimate of drug-likeness (QED) is 0.328. The molecule has 1 atom stereocenters. The maximum Gasteiger partial charge on any atom is 0.407 e. The third-order valence-corrected chi connectivity index (χ3v) is 7.78. The van der Waals surface area contributed by atoms with Crippen molar-refractivity contribution in [1.82, 2.24) is 24.6 Å². The number of piperidine rings is 1. The van der Waals surface area contributed by atoms with Gasteiger partial charge in [-0.15, -0.1) is 0 Å². The second-order valence-corrected chi connectivity index (χ2v) is 11.6. The summed E-state index contributed by atoms with van der Waals surface area (Å²) in [5.74, 6) is 0.240. The summed E-state index contributed by atoms with van der Waals surface area (Å²) in [5.41, 5.74) is 5.61. The average Bonchev–Trinajstić information content (AvgIpc) is 3.65. The summed E-state index contributed by atoms with van der Waals surface area (Å²) in [4.78, 5) is 18.6. The van der Waals surface area contributed by atoms with Crippen molar-refractivity contribution in [2.45, 2.75) is 51.8 Å². The third kappa shape index (κ3) is 5.20. The Morgan fingerprint density at radius 1 is 1.07 bits per heavy atom. The number of aromatic nitrogens is 4. The van der Waals surface area contributed by atoms with Crippen LogP contribution in [0.2, 0.25) is 0 Å². The lowest BCUT2D eigenvalue weighted by Gasteiger charge is -2.37. The minimum atomic E-state index is -0.517. The van der Waals surface area contributed by atoms with E-state index in [1.54, 1.807) is 12.1 Å². The van der Waals surface area contributed by atoms with Crippen molar-refractivity contribution >= 4 is 11.8 Å². The van der Waals surface area contributed by atoms with Crippen LogP contribution in [-0.4, -0.2) is 50.7 Å². The van der Waals surface area contributed by atoms with Gasteiger partial charge in [-0.3, -0.25) is 4.68 Å². The number of ether oxygens (including phenoxy) is 1. The van der Waals surface area contributed by atoms with E-state index in [9.17, 15) is 9.18 Å². The minimum Gasteiger partial charge on any atom is -0.444 e. The van der Waals surface area contributed by atoms with Crippen LogP contribution in [0, 0.1) is 11.7 Å². The molecule has 2 aromatic heterocycles. The smallest absolute Gasteiger partial charge is 0.407 e. The molecular weight excluding hydrogens is 507 g/mol. The molecule has 2 aliphatic heterocycles. The Balaban J connectivity index is 1.05. The average molecular weight is 543 g/mol. The topological polar surface area (TPSA) is 77.2 Å². The van der Waals surface area contributed by atoms with E-state index < -0.39 is 11.7 Å². The van der Waals surface area contributed by atoms with Crippen molar-refractivity contribution < 1.29 is 13.9 Å². The van der Waals surface area contributed by atoms with Crippen molar-refractivity contribution in [3.05, 3.63) is 78.8 Å². The van der Waals surface area contributed by atoms with E-state index in [4.69, 9.17) is 4.74 Å². The number of fused-ring (bicyclic) bond motifs is 3. The number of imidazole rings is 1. The van der Waals surface area contributed by atoms with Crippen LogP contribution in [0.4, 0.5) is 14.9 Å². The fourth-order valence-electron chi connectivity index (χ4n) is 5.96. The lowest BCUT2D eigenvalue weighted by molar-refractivity contribution is 0.0525. The number of nitrogens with one attached hydrogen (secondary N) is 1. The molecule has 0 radical (unpaired) electrons. The standard InChI is InChI=1S/C31H35FN6O2/c1-31(2,3)40-30(39)34-13-16-37-19-23(17-35-37)21-7-9-24(10-8-21)36-14-11-22(12-15-36)29-28-25(5-4-6-26(28)32)27-18-33-20-38(27)29/h4-10,17-20,22,29H,11-16H2,1-3H3,(H,34,39)/t29-/m0/s1. The van der Waals surface area contributed by atoms with Crippen LogP contribution < -0.4 is 10.2 Å². The van der Waals surface area contributed by atoms with E-state index in [1.165, 1.54) is 5.69 Å². The highest BCUT2D eigenvalue weighted by Gasteiger charge is 2.38. The monoisotopic (exact) mass is 542 g/mol. The van der Waals surface area contributed by atoms with Gasteiger partial charge in [0, 0.05) is 48.2 Å². The minimum absolute atomic E-state index is 0.00842. The lowest BCUT2D eigenvalue weighted by Crippen LogP contribution is -2.36. The van der Waals surface area contributed by atoms with Crippen LogP contribution in [-0.2, 0) is 11.3 Å². The van der Waals surface area contributed by atoms with Crippen molar-refractivity contribution in [1.29, 1.82) is 0 Å². The molecule has 40 heavy (non-hydrogen) atoms. The van der Waals surface area contributed by atoms with Gasteiger partial charge >= 0.3 is 6.09 Å². The number of carbonyl (C=O) groups is 1. The summed E-state index contributed by atoms with van der Waals surface area (Å²) in [5, 5.41) is 7.20. The number of rotatable bonds is 6. The molecule has 0 spiro atoms. The number of hydrogen-bond acceptors (Lipinski definition) is 5. The highest BCUT2D eigenvalue weighted by molar-refractivity contribution is 5.70. The van der Waals surface area contributed by atoms with Gasteiger partial charge in [0.15, 0.2) is 0 Å². The molecular formula is C31H35FN6O2. The molecule has 2 aromatic carbocycles. The Hall–Kier alpha value is -4.14. The molecule has 1 fully saturated rings. The fourth-order valence-corrected chi connectivity index (χ4v) is 5.96. The number of hydrogen-bond donors (Lipinski definition) is 1. The number of amides is 1. The highest BCUT2D eigenvalue weighted by atomic mass is 19.1. The number of anilines is 1. The molecule has 4 aromatic rings. The van der Waals surface area contributed by atoms with Gasteiger partial charge in [-0.2, -0.15) is 5.10 Å². The van der Waals surface area contributed by atoms with Crippen molar-refractivity contribution in [2.24, 2.45) is 5.92 Å². The first kappa shape index (κ1) is 26.1. The van der Waals surface area contributed by atoms with Gasteiger partial charge in [0.1, 0.15) is 11.4 Å². The lowest BCUT2D eigenvalue weighted by atomic mass is 9.85. The molecule has 8 nitrogen and oxygen atoms in total. The SMILES string of the molecule is CC(C)(C)OC(=O)NCCn1cc(-c2ccc(N3CCC([C@H]4c5c(F)cccc5-c5cncn54)CC3)cc2)cn1. The van der Waals surface area contributed by atoms with E-state index in [2.05, 4.69) is 49.1 Å². The second-order valence-electron chi connectivity index (χ2n) is 11.6. The number of halogens is 1. The van der Waals surface area contributed by atoms with Gasteiger partial charge in [0.05, 0.1) is 37.0 Å². The Kier molecular flexibility index (Phi) is 6.82. The summed E-state index contributed by atoms with van der Waals surface area (Å²) in [6, 6.07) is 14.0. The van der Waals surface area contributed by atoms with Crippen molar-refractivity contribution in [3.63, 3.8) is 0 Å². The molecule has 6 rings (SSSR count). The van der Waals surface area contributed by atoms with Crippen LogP contribution in [0.1, 0.15) is 45.2 Å². The van der Waals surface area contributed by atoms with Gasteiger partial charge in [0.2, 0.25) is 0 Å². The summed E-state index contributed by atoms with van der Waals surface area (Å²) in [7, 11) is 0. The first-order valence-electron chi connectivity index (χ1n) is 13.9. The number of alkyl carbamates (subject to hydrolysis) is 1. The van der Waals surface area contributed by atoms with Crippen molar-refractivity contribution in [2.75, 3.05) is 24.5 Å². The normalized spacial score (nSPS) is 17.0. The molecule has 9 heteroatoms. The van der Waals surface area contributed by atoms with Gasteiger partial charge in [0.25, 0.3) is 0 Å². The molecule has 0 bridgehead atoms. The molecule has 0 unspecified atom stereocenters. The largest absolute Gasteiger partial charge is 0.444 e. The zero-order chi connectivity index (χ0) is 27.9. The Morgan fingerprint density at radius 2 is 1.85 bits per heavy atom. The third-order valence-electron chi connectivity index (χ3n) is 7.78. The van der Waals surface area contributed by atoms with E-state index in [0.29, 0.717) is 19.0 Å². The van der Waals surface area contributed by atoms with E-state index in [0.717, 1.165) is 53.9 Å². The number of nitrogens with zero attached hydrogens (tertiary/aromatic N) is 5.